The topological polar surface area (TPSA) is 46.5 Å². The van der Waals surface area contributed by atoms with Crippen LogP contribution in [0.4, 0.5) is 0 Å². The summed E-state index contributed by atoms with van der Waals surface area (Å²) < 4.78 is 5.83. The molecule has 1 unspecified atom stereocenters. The molecule has 0 aliphatic rings. The number of quaternary nitrogens is 1. The van der Waals surface area contributed by atoms with Crippen molar-refractivity contribution in [2.45, 2.75) is 110 Å². The van der Waals surface area contributed by atoms with Gasteiger partial charge >= 0.3 is 5.97 Å². The maximum absolute atomic E-state index is 11.7. The van der Waals surface area contributed by atoms with Crippen molar-refractivity contribution in [3.63, 3.8) is 0 Å². The van der Waals surface area contributed by atoms with Crippen LogP contribution in [-0.4, -0.2) is 56.0 Å². The fourth-order valence-electron chi connectivity index (χ4n) is 3.54. The van der Waals surface area contributed by atoms with E-state index in [1.54, 1.807) is 0 Å². The predicted octanol–water partition coefficient (Wildman–Crippen LogP) is 2.72. The molecule has 0 bridgehead atoms. The molecular formula is C24H50ClNO3. The van der Waals surface area contributed by atoms with Crippen LogP contribution in [-0.2, 0) is 9.53 Å². The van der Waals surface area contributed by atoms with E-state index in [0.717, 1.165) is 18.8 Å². The largest absolute Gasteiger partial charge is 1.00 e. The van der Waals surface area contributed by atoms with Crippen molar-refractivity contribution < 1.29 is 31.5 Å². The molecular weight excluding hydrogens is 386 g/mol. The monoisotopic (exact) mass is 435 g/mol. The maximum atomic E-state index is 11.7. The molecule has 0 aliphatic carbocycles. The number of ether oxygens (including phenoxy) is 1. The number of aliphatic hydroxyl groups is 1. The molecule has 0 radical (unpaired) electrons. The molecule has 0 spiro atoms. The van der Waals surface area contributed by atoms with Gasteiger partial charge in [0.1, 0.15) is 19.3 Å². The van der Waals surface area contributed by atoms with Crippen molar-refractivity contribution >= 4 is 5.97 Å². The minimum Gasteiger partial charge on any atom is -1.00 e. The summed E-state index contributed by atoms with van der Waals surface area (Å²) in [6.07, 6.45) is 16.9. The first-order valence-electron chi connectivity index (χ1n) is 11.8. The van der Waals surface area contributed by atoms with Crippen LogP contribution >= 0.6 is 0 Å². The van der Waals surface area contributed by atoms with E-state index >= 15 is 0 Å². The average Bonchev–Trinajstić information content (AvgIpc) is 2.58. The molecule has 29 heavy (non-hydrogen) atoms. The number of nitrogens with zero attached hydrogens (tertiary/aromatic N) is 1. The number of esters is 1. The van der Waals surface area contributed by atoms with E-state index in [4.69, 9.17) is 4.74 Å². The zero-order valence-corrected chi connectivity index (χ0v) is 20.8. The Labute approximate surface area is 187 Å². The van der Waals surface area contributed by atoms with Crippen molar-refractivity contribution in [2.24, 2.45) is 5.92 Å². The maximum Gasteiger partial charge on any atom is 0.305 e. The molecule has 0 aromatic rings. The smallest absolute Gasteiger partial charge is 0.305 e. The lowest BCUT2D eigenvalue weighted by molar-refractivity contribution is -0.873. The zero-order chi connectivity index (χ0) is 21.3. The molecule has 0 aromatic carbocycles. The molecule has 1 N–H and O–H groups in total. The van der Waals surface area contributed by atoms with Crippen LogP contribution in [0.15, 0.2) is 0 Å². The summed E-state index contributed by atoms with van der Waals surface area (Å²) in [6.45, 7) is 5.33. The summed E-state index contributed by atoms with van der Waals surface area (Å²) in [5, 5.41) is 9.84. The molecule has 0 heterocycles. The number of hydrogen-bond acceptors (Lipinski definition) is 3. The molecule has 0 rings (SSSR count). The van der Waals surface area contributed by atoms with E-state index < -0.39 is 6.10 Å². The zero-order valence-electron chi connectivity index (χ0n) is 20.1. The summed E-state index contributed by atoms with van der Waals surface area (Å²) in [7, 11) is 6.04. The summed E-state index contributed by atoms with van der Waals surface area (Å²) in [6, 6.07) is 0. The van der Waals surface area contributed by atoms with Crippen LogP contribution in [0.25, 0.3) is 0 Å². The predicted molar refractivity (Wildman–Crippen MR) is 119 cm³/mol. The molecule has 0 saturated carbocycles. The highest BCUT2D eigenvalue weighted by Gasteiger charge is 2.17. The minimum absolute atomic E-state index is 0. The normalized spacial score (nSPS) is 12.7. The van der Waals surface area contributed by atoms with Gasteiger partial charge in [0, 0.05) is 6.42 Å². The standard InChI is InChI=1S/C24H50NO3.ClH/c1-22(2)18-16-14-12-10-8-6-7-9-11-13-15-17-19-24(27)28-21-23(26)20-25(3,4)5;/h22-23,26H,6-21H2,1-5H3;1H/q+1;/p-1. The van der Waals surface area contributed by atoms with Crippen LogP contribution in [0, 0.1) is 5.92 Å². The molecule has 0 amide bonds. The first kappa shape index (κ1) is 30.9. The second-order valence-electron chi connectivity index (χ2n) is 9.98. The second-order valence-corrected chi connectivity index (χ2v) is 9.98. The third kappa shape index (κ3) is 25.6. The number of unbranched alkanes of at least 4 members (excludes halogenated alkanes) is 11. The molecule has 0 saturated heterocycles. The van der Waals surface area contributed by atoms with Gasteiger partial charge in [-0.3, -0.25) is 4.79 Å². The number of aliphatic hydroxyl groups excluding tert-OH is 1. The molecule has 176 valence electrons. The average molecular weight is 436 g/mol. The van der Waals surface area contributed by atoms with E-state index in [1.807, 2.05) is 21.1 Å². The Morgan fingerprint density at radius 2 is 1.21 bits per heavy atom. The van der Waals surface area contributed by atoms with Gasteiger partial charge in [0.25, 0.3) is 0 Å². The lowest BCUT2D eigenvalue weighted by Crippen LogP contribution is -3.00. The fraction of sp³-hybridized carbons (Fsp3) is 0.958. The molecule has 0 aliphatic heterocycles. The van der Waals surface area contributed by atoms with E-state index in [9.17, 15) is 9.90 Å². The van der Waals surface area contributed by atoms with Gasteiger partial charge in [-0.2, -0.15) is 0 Å². The highest BCUT2D eigenvalue weighted by molar-refractivity contribution is 5.69. The van der Waals surface area contributed by atoms with Gasteiger partial charge in [0.15, 0.2) is 0 Å². The van der Waals surface area contributed by atoms with E-state index in [1.165, 1.54) is 70.6 Å². The van der Waals surface area contributed by atoms with Gasteiger partial charge in [0.05, 0.1) is 21.1 Å². The van der Waals surface area contributed by atoms with Gasteiger partial charge < -0.3 is 26.7 Å². The van der Waals surface area contributed by atoms with Gasteiger partial charge in [-0.25, -0.2) is 0 Å². The van der Waals surface area contributed by atoms with E-state index in [-0.39, 0.29) is 25.0 Å². The van der Waals surface area contributed by atoms with E-state index in [2.05, 4.69) is 13.8 Å². The van der Waals surface area contributed by atoms with Crippen LogP contribution in [0.1, 0.15) is 104 Å². The molecule has 5 heteroatoms. The first-order valence-corrected chi connectivity index (χ1v) is 11.8. The molecule has 0 fully saturated rings. The van der Waals surface area contributed by atoms with Crippen molar-refractivity contribution in [3.05, 3.63) is 0 Å². The highest BCUT2D eigenvalue weighted by atomic mass is 35.5. The first-order chi connectivity index (χ1) is 13.2. The summed E-state index contributed by atoms with van der Waals surface area (Å²) in [4.78, 5) is 11.7. The second kappa shape index (κ2) is 19.6. The Morgan fingerprint density at radius 1 is 0.793 bits per heavy atom. The summed E-state index contributed by atoms with van der Waals surface area (Å²) in [5.74, 6) is 0.685. The molecule has 1 atom stereocenters. The van der Waals surface area contributed by atoms with Crippen molar-refractivity contribution in [3.8, 4) is 0 Å². The number of likely N-dealkylation sites (N-methyl/N-ethyl adjacent to an activating group) is 1. The number of rotatable bonds is 19. The summed E-state index contributed by atoms with van der Waals surface area (Å²) in [5.41, 5.74) is 0. The lowest BCUT2D eigenvalue weighted by atomic mass is 10.0. The number of halogens is 1. The number of carbonyl (C=O) groups excluding carboxylic acids is 1. The third-order valence-corrected chi connectivity index (χ3v) is 5.11. The lowest BCUT2D eigenvalue weighted by Gasteiger charge is -2.26. The Morgan fingerprint density at radius 3 is 1.62 bits per heavy atom. The SMILES string of the molecule is CC(C)CCCCCCCCCCCCCCC(=O)OCC(O)C[N+](C)(C)C.[Cl-]. The van der Waals surface area contributed by atoms with Gasteiger partial charge in [-0.15, -0.1) is 0 Å². The Balaban J connectivity index is 0. The molecule has 0 aromatic heterocycles. The Kier molecular flexibility index (Phi) is 20.9. The van der Waals surface area contributed by atoms with Crippen LogP contribution in [0.5, 0.6) is 0 Å². The Hall–Kier alpha value is -0.320. The third-order valence-electron chi connectivity index (χ3n) is 5.11. The minimum atomic E-state index is -0.580. The summed E-state index contributed by atoms with van der Waals surface area (Å²) >= 11 is 0. The van der Waals surface area contributed by atoms with Crippen LogP contribution in [0.2, 0.25) is 0 Å². The van der Waals surface area contributed by atoms with Gasteiger partial charge in [-0.05, 0) is 12.3 Å². The van der Waals surface area contributed by atoms with Gasteiger partial charge in [-0.1, -0.05) is 90.9 Å². The van der Waals surface area contributed by atoms with Crippen molar-refractivity contribution in [1.29, 1.82) is 0 Å². The van der Waals surface area contributed by atoms with Gasteiger partial charge in [0.2, 0.25) is 0 Å². The van der Waals surface area contributed by atoms with Crippen LogP contribution < -0.4 is 12.4 Å². The number of hydrogen-bond donors (Lipinski definition) is 1. The van der Waals surface area contributed by atoms with Crippen molar-refractivity contribution in [2.75, 3.05) is 34.3 Å². The highest BCUT2D eigenvalue weighted by Crippen LogP contribution is 2.14. The number of carbonyl (C=O) groups is 1. The van der Waals surface area contributed by atoms with Crippen LogP contribution in [0.3, 0.4) is 0 Å². The molecule has 4 nitrogen and oxygen atoms in total. The fourth-order valence-corrected chi connectivity index (χ4v) is 3.54. The quantitative estimate of drug-likeness (QED) is 0.193. The van der Waals surface area contributed by atoms with E-state index in [0.29, 0.717) is 17.4 Å². The van der Waals surface area contributed by atoms with Crippen molar-refractivity contribution in [1.82, 2.24) is 0 Å². The Bertz CT molecular complexity index is 370.